The SMILES string of the molecule is CC(C)(C)CCS(=O)(=O)NCCc1ccc(C(=O)O)cc1. The predicted molar refractivity (Wildman–Crippen MR) is 83.0 cm³/mol. The summed E-state index contributed by atoms with van der Waals surface area (Å²) in [7, 11) is -3.25. The van der Waals surface area contributed by atoms with Crippen LogP contribution in [-0.4, -0.2) is 31.8 Å². The van der Waals surface area contributed by atoms with Crippen LogP contribution in [-0.2, 0) is 16.4 Å². The van der Waals surface area contributed by atoms with Crippen molar-refractivity contribution in [1.82, 2.24) is 4.72 Å². The lowest BCUT2D eigenvalue weighted by Crippen LogP contribution is -2.30. The van der Waals surface area contributed by atoms with Crippen LogP contribution in [0.4, 0.5) is 0 Å². The summed E-state index contributed by atoms with van der Waals surface area (Å²) < 4.78 is 26.2. The van der Waals surface area contributed by atoms with Crippen LogP contribution in [0.15, 0.2) is 24.3 Å². The van der Waals surface area contributed by atoms with Gasteiger partial charge in [0.15, 0.2) is 0 Å². The molecule has 0 aliphatic rings. The second-order valence-corrected chi connectivity index (χ2v) is 8.20. The Morgan fingerprint density at radius 2 is 1.76 bits per heavy atom. The van der Waals surface area contributed by atoms with Gasteiger partial charge in [0.25, 0.3) is 0 Å². The molecule has 0 radical (unpaired) electrons. The fraction of sp³-hybridized carbons (Fsp3) is 0.533. The normalized spacial score (nSPS) is 12.3. The highest BCUT2D eigenvalue weighted by atomic mass is 32.2. The van der Waals surface area contributed by atoms with Crippen molar-refractivity contribution in [3.63, 3.8) is 0 Å². The van der Waals surface area contributed by atoms with Crippen LogP contribution in [0.3, 0.4) is 0 Å². The van der Waals surface area contributed by atoms with E-state index in [0.717, 1.165) is 5.56 Å². The van der Waals surface area contributed by atoms with Crippen LogP contribution in [0.2, 0.25) is 0 Å². The van der Waals surface area contributed by atoms with Gasteiger partial charge in [-0.1, -0.05) is 32.9 Å². The molecule has 0 aliphatic carbocycles. The summed E-state index contributed by atoms with van der Waals surface area (Å²) in [6.45, 7) is 6.34. The van der Waals surface area contributed by atoms with Gasteiger partial charge < -0.3 is 5.11 Å². The zero-order valence-corrected chi connectivity index (χ0v) is 13.5. The first-order chi connectivity index (χ1) is 9.59. The molecule has 0 atom stereocenters. The topological polar surface area (TPSA) is 83.5 Å². The van der Waals surface area contributed by atoms with Crippen LogP contribution in [0, 0.1) is 5.41 Å². The van der Waals surface area contributed by atoms with Crippen LogP contribution < -0.4 is 4.72 Å². The van der Waals surface area contributed by atoms with Crippen molar-refractivity contribution in [3.8, 4) is 0 Å². The van der Waals surface area contributed by atoms with E-state index in [1.807, 2.05) is 20.8 Å². The maximum absolute atomic E-state index is 11.8. The fourth-order valence-electron chi connectivity index (χ4n) is 1.68. The van der Waals surface area contributed by atoms with E-state index in [1.165, 1.54) is 12.1 Å². The van der Waals surface area contributed by atoms with Gasteiger partial charge in [0.1, 0.15) is 0 Å². The van der Waals surface area contributed by atoms with E-state index in [4.69, 9.17) is 5.11 Å². The van der Waals surface area contributed by atoms with Gasteiger partial charge in [-0.3, -0.25) is 0 Å². The molecule has 118 valence electrons. The number of rotatable bonds is 7. The first-order valence-corrected chi connectivity index (χ1v) is 8.54. The second kappa shape index (κ2) is 7.04. The molecule has 0 unspecified atom stereocenters. The van der Waals surface area contributed by atoms with E-state index in [1.54, 1.807) is 12.1 Å². The molecule has 0 aromatic heterocycles. The van der Waals surface area contributed by atoms with Crippen LogP contribution in [0.25, 0.3) is 0 Å². The molecule has 0 amide bonds. The van der Waals surface area contributed by atoms with Gasteiger partial charge in [-0.05, 0) is 36.0 Å². The third-order valence-electron chi connectivity index (χ3n) is 3.06. The number of nitrogens with one attached hydrogen (secondary N) is 1. The Balaban J connectivity index is 2.44. The van der Waals surface area contributed by atoms with Gasteiger partial charge in [0.2, 0.25) is 10.0 Å². The highest BCUT2D eigenvalue weighted by Gasteiger charge is 2.16. The van der Waals surface area contributed by atoms with Crippen molar-refractivity contribution in [2.45, 2.75) is 33.6 Å². The maximum atomic E-state index is 11.8. The molecule has 0 fully saturated rings. The smallest absolute Gasteiger partial charge is 0.335 e. The molecular formula is C15H23NO4S. The lowest BCUT2D eigenvalue weighted by Gasteiger charge is -2.17. The van der Waals surface area contributed by atoms with E-state index in [9.17, 15) is 13.2 Å². The molecule has 2 N–H and O–H groups in total. The van der Waals surface area contributed by atoms with Crippen LogP contribution >= 0.6 is 0 Å². The number of carboxylic acid groups (broad SMARTS) is 1. The maximum Gasteiger partial charge on any atom is 0.335 e. The van der Waals surface area contributed by atoms with Gasteiger partial charge in [-0.15, -0.1) is 0 Å². The molecule has 1 aromatic carbocycles. The zero-order chi connectivity index (χ0) is 16.1. The summed E-state index contributed by atoms with van der Waals surface area (Å²) in [5.41, 5.74) is 1.12. The minimum Gasteiger partial charge on any atom is -0.478 e. The average Bonchev–Trinajstić information content (AvgIpc) is 2.36. The molecule has 0 saturated carbocycles. The molecule has 1 aromatic rings. The molecule has 6 heteroatoms. The Hall–Kier alpha value is -1.40. The lowest BCUT2D eigenvalue weighted by molar-refractivity contribution is 0.0697. The van der Waals surface area contributed by atoms with Crippen LogP contribution in [0.1, 0.15) is 43.1 Å². The van der Waals surface area contributed by atoms with Crippen molar-refractivity contribution in [3.05, 3.63) is 35.4 Å². The highest BCUT2D eigenvalue weighted by Crippen LogP contribution is 2.18. The van der Waals surface area contributed by atoms with Crippen molar-refractivity contribution in [2.75, 3.05) is 12.3 Å². The third-order valence-corrected chi connectivity index (χ3v) is 4.44. The summed E-state index contributed by atoms with van der Waals surface area (Å²) in [4.78, 5) is 10.7. The molecule has 0 aliphatic heterocycles. The average molecular weight is 313 g/mol. The van der Waals surface area contributed by atoms with E-state index < -0.39 is 16.0 Å². The molecule has 21 heavy (non-hydrogen) atoms. The number of aromatic carboxylic acids is 1. The van der Waals surface area contributed by atoms with Gasteiger partial charge in [-0.2, -0.15) is 0 Å². The van der Waals surface area contributed by atoms with E-state index in [2.05, 4.69) is 4.72 Å². The summed E-state index contributed by atoms with van der Waals surface area (Å²) in [5, 5.41) is 8.79. The van der Waals surface area contributed by atoms with Crippen molar-refractivity contribution in [2.24, 2.45) is 5.41 Å². The molecule has 0 heterocycles. The van der Waals surface area contributed by atoms with E-state index in [-0.39, 0.29) is 16.7 Å². The molecular weight excluding hydrogens is 290 g/mol. The van der Waals surface area contributed by atoms with Crippen molar-refractivity contribution in [1.29, 1.82) is 0 Å². The van der Waals surface area contributed by atoms with E-state index in [0.29, 0.717) is 19.4 Å². The van der Waals surface area contributed by atoms with Gasteiger partial charge in [-0.25, -0.2) is 17.9 Å². The molecule has 0 saturated heterocycles. The highest BCUT2D eigenvalue weighted by molar-refractivity contribution is 7.89. The van der Waals surface area contributed by atoms with Gasteiger partial charge in [0.05, 0.1) is 11.3 Å². The Morgan fingerprint density at radius 1 is 1.19 bits per heavy atom. The monoisotopic (exact) mass is 313 g/mol. The first-order valence-electron chi connectivity index (χ1n) is 6.89. The third kappa shape index (κ3) is 7.24. The Morgan fingerprint density at radius 3 is 2.24 bits per heavy atom. The first kappa shape index (κ1) is 17.7. The number of benzene rings is 1. The Kier molecular flexibility index (Phi) is 5.92. The van der Waals surface area contributed by atoms with Crippen LogP contribution in [0.5, 0.6) is 0 Å². The number of hydrogen-bond acceptors (Lipinski definition) is 3. The lowest BCUT2D eigenvalue weighted by atomic mass is 9.94. The predicted octanol–water partition coefficient (Wildman–Crippen LogP) is 2.28. The minimum absolute atomic E-state index is 0.0125. The molecule has 0 bridgehead atoms. The van der Waals surface area contributed by atoms with Gasteiger partial charge >= 0.3 is 5.97 Å². The quantitative estimate of drug-likeness (QED) is 0.809. The molecule has 0 spiro atoms. The minimum atomic E-state index is -3.25. The number of hydrogen-bond donors (Lipinski definition) is 2. The Labute approximate surface area is 126 Å². The van der Waals surface area contributed by atoms with E-state index >= 15 is 0 Å². The summed E-state index contributed by atoms with van der Waals surface area (Å²) in [6, 6.07) is 6.44. The van der Waals surface area contributed by atoms with Crippen molar-refractivity contribution < 1.29 is 18.3 Å². The summed E-state index contributed by atoms with van der Waals surface area (Å²) in [5.74, 6) is -0.849. The molecule has 5 nitrogen and oxygen atoms in total. The fourth-order valence-corrected chi connectivity index (χ4v) is 3.12. The van der Waals surface area contributed by atoms with Crippen molar-refractivity contribution >= 4 is 16.0 Å². The standard InChI is InChI=1S/C15H23NO4S/c1-15(2,3)9-11-21(19,20)16-10-8-12-4-6-13(7-5-12)14(17)18/h4-7,16H,8-11H2,1-3H3,(H,17,18). The van der Waals surface area contributed by atoms with Gasteiger partial charge in [0, 0.05) is 6.54 Å². The molecule has 1 rings (SSSR count). The Bertz CT molecular complexity index is 571. The summed E-state index contributed by atoms with van der Waals surface area (Å²) >= 11 is 0. The zero-order valence-electron chi connectivity index (χ0n) is 12.7. The largest absolute Gasteiger partial charge is 0.478 e. The number of sulfonamides is 1. The number of carbonyl (C=O) groups is 1. The second-order valence-electron chi connectivity index (χ2n) is 6.28. The summed E-state index contributed by atoms with van der Waals surface area (Å²) in [6.07, 6.45) is 1.14. The number of carboxylic acids is 1.